The van der Waals surface area contributed by atoms with Crippen molar-refractivity contribution in [3.63, 3.8) is 0 Å². The number of hydrogen-bond donors (Lipinski definition) is 2. The lowest BCUT2D eigenvalue weighted by molar-refractivity contribution is 1.08. The smallest absolute Gasteiger partial charge is 0.138 e. The molecule has 2 N–H and O–H groups in total. The molecule has 19 heavy (non-hydrogen) atoms. The monoisotopic (exact) mass is 256 g/mol. The molecule has 1 heterocycles. The fourth-order valence-corrected chi connectivity index (χ4v) is 2.11. The number of aromatic nitrogens is 2. The number of nitrogens with one attached hydrogen (secondary N) is 2. The van der Waals surface area contributed by atoms with Crippen molar-refractivity contribution in [2.45, 2.75) is 27.7 Å². The highest BCUT2D eigenvalue weighted by Gasteiger charge is 2.06. The van der Waals surface area contributed by atoms with Crippen LogP contribution in [0.1, 0.15) is 23.6 Å². The third-order valence-corrected chi connectivity index (χ3v) is 2.91. The van der Waals surface area contributed by atoms with Gasteiger partial charge in [0.15, 0.2) is 0 Å². The molecule has 4 nitrogen and oxygen atoms in total. The highest BCUT2D eigenvalue weighted by atomic mass is 15.1. The van der Waals surface area contributed by atoms with E-state index in [4.69, 9.17) is 0 Å². The van der Waals surface area contributed by atoms with Crippen LogP contribution in [0.15, 0.2) is 24.5 Å². The predicted octanol–water partition coefficient (Wildman–Crippen LogP) is 3.58. The summed E-state index contributed by atoms with van der Waals surface area (Å²) in [6.07, 6.45) is 1.58. The Hall–Kier alpha value is -2.10. The molecule has 2 aromatic rings. The van der Waals surface area contributed by atoms with Gasteiger partial charge in [-0.15, -0.1) is 0 Å². The van der Waals surface area contributed by atoms with Gasteiger partial charge in [0.1, 0.15) is 18.0 Å². The van der Waals surface area contributed by atoms with Gasteiger partial charge in [-0.2, -0.15) is 0 Å². The van der Waals surface area contributed by atoms with Crippen molar-refractivity contribution in [1.29, 1.82) is 0 Å². The van der Waals surface area contributed by atoms with Crippen molar-refractivity contribution in [2.75, 3.05) is 17.2 Å². The standard InChI is InChI=1S/C15H20N4/c1-5-16-14-12(4)15(18-9-17-14)19-13-7-10(2)6-11(3)8-13/h6-9H,5H2,1-4H3,(H2,16,17,18,19). The van der Waals surface area contributed by atoms with Gasteiger partial charge < -0.3 is 10.6 Å². The summed E-state index contributed by atoms with van der Waals surface area (Å²) >= 11 is 0. The van der Waals surface area contributed by atoms with Gasteiger partial charge in [-0.1, -0.05) is 6.07 Å². The first-order chi connectivity index (χ1) is 9.10. The number of aryl methyl sites for hydroxylation is 2. The minimum Gasteiger partial charge on any atom is -0.370 e. The quantitative estimate of drug-likeness (QED) is 0.878. The average Bonchev–Trinajstić information content (AvgIpc) is 2.33. The Morgan fingerprint density at radius 2 is 1.58 bits per heavy atom. The molecule has 100 valence electrons. The van der Waals surface area contributed by atoms with Gasteiger partial charge >= 0.3 is 0 Å². The highest BCUT2D eigenvalue weighted by Crippen LogP contribution is 2.23. The van der Waals surface area contributed by atoms with E-state index in [1.54, 1.807) is 6.33 Å². The fraction of sp³-hybridized carbons (Fsp3) is 0.333. The average molecular weight is 256 g/mol. The second-order valence-electron chi connectivity index (χ2n) is 4.73. The topological polar surface area (TPSA) is 49.8 Å². The van der Waals surface area contributed by atoms with Crippen LogP contribution in [-0.4, -0.2) is 16.5 Å². The van der Waals surface area contributed by atoms with E-state index >= 15 is 0 Å². The van der Waals surface area contributed by atoms with Crippen molar-refractivity contribution >= 4 is 17.3 Å². The molecule has 0 saturated carbocycles. The maximum atomic E-state index is 4.31. The van der Waals surface area contributed by atoms with Crippen LogP contribution >= 0.6 is 0 Å². The third-order valence-electron chi connectivity index (χ3n) is 2.91. The van der Waals surface area contributed by atoms with Crippen LogP contribution in [0.5, 0.6) is 0 Å². The molecule has 0 aliphatic rings. The lowest BCUT2D eigenvalue weighted by atomic mass is 10.1. The summed E-state index contributed by atoms with van der Waals surface area (Å²) in [5, 5.41) is 6.60. The van der Waals surface area contributed by atoms with Crippen LogP contribution in [0.25, 0.3) is 0 Å². The molecule has 0 saturated heterocycles. The molecule has 4 heteroatoms. The second kappa shape index (κ2) is 5.69. The molecule has 0 aliphatic carbocycles. The van der Waals surface area contributed by atoms with E-state index in [9.17, 15) is 0 Å². The van der Waals surface area contributed by atoms with E-state index in [2.05, 4.69) is 59.6 Å². The lowest BCUT2D eigenvalue weighted by Crippen LogP contribution is -2.05. The van der Waals surface area contributed by atoms with Crippen molar-refractivity contribution in [2.24, 2.45) is 0 Å². The summed E-state index contributed by atoms with van der Waals surface area (Å²) in [4.78, 5) is 8.56. The summed E-state index contributed by atoms with van der Waals surface area (Å²) in [6, 6.07) is 6.38. The van der Waals surface area contributed by atoms with Gasteiger partial charge in [0.05, 0.1) is 0 Å². The van der Waals surface area contributed by atoms with Gasteiger partial charge in [-0.3, -0.25) is 0 Å². The van der Waals surface area contributed by atoms with Crippen LogP contribution in [0.2, 0.25) is 0 Å². The molecule has 0 spiro atoms. The highest BCUT2D eigenvalue weighted by molar-refractivity contribution is 5.65. The first-order valence-electron chi connectivity index (χ1n) is 6.51. The van der Waals surface area contributed by atoms with E-state index in [0.29, 0.717) is 0 Å². The van der Waals surface area contributed by atoms with E-state index < -0.39 is 0 Å². The van der Waals surface area contributed by atoms with E-state index in [1.165, 1.54) is 11.1 Å². The molecule has 1 aromatic heterocycles. The Labute approximate surface area is 114 Å². The van der Waals surface area contributed by atoms with Gasteiger partial charge in [-0.05, 0) is 51.0 Å². The van der Waals surface area contributed by atoms with Gasteiger partial charge in [0, 0.05) is 17.8 Å². The zero-order chi connectivity index (χ0) is 13.8. The van der Waals surface area contributed by atoms with E-state index in [-0.39, 0.29) is 0 Å². The van der Waals surface area contributed by atoms with Gasteiger partial charge in [0.25, 0.3) is 0 Å². The molecule has 1 aromatic carbocycles. The summed E-state index contributed by atoms with van der Waals surface area (Å²) in [6.45, 7) is 9.10. The van der Waals surface area contributed by atoms with Crippen molar-refractivity contribution in [3.05, 3.63) is 41.2 Å². The molecule has 0 bridgehead atoms. The fourth-order valence-electron chi connectivity index (χ4n) is 2.11. The van der Waals surface area contributed by atoms with Crippen molar-refractivity contribution in [1.82, 2.24) is 9.97 Å². The van der Waals surface area contributed by atoms with E-state index in [1.807, 2.05) is 6.92 Å². The molecular weight excluding hydrogens is 236 g/mol. The minimum atomic E-state index is 0.843. The largest absolute Gasteiger partial charge is 0.370 e. The normalized spacial score (nSPS) is 10.3. The van der Waals surface area contributed by atoms with Crippen LogP contribution in [0, 0.1) is 20.8 Å². The van der Waals surface area contributed by atoms with Crippen molar-refractivity contribution in [3.8, 4) is 0 Å². The summed E-state index contributed by atoms with van der Waals surface area (Å²) in [7, 11) is 0. The van der Waals surface area contributed by atoms with Crippen LogP contribution in [-0.2, 0) is 0 Å². The minimum absolute atomic E-state index is 0.843. The Balaban J connectivity index is 2.30. The van der Waals surface area contributed by atoms with Gasteiger partial charge in [-0.25, -0.2) is 9.97 Å². The lowest BCUT2D eigenvalue weighted by Gasteiger charge is -2.12. The first-order valence-corrected chi connectivity index (χ1v) is 6.51. The molecule has 0 amide bonds. The first kappa shape index (κ1) is 13.3. The number of benzene rings is 1. The molecular formula is C15H20N4. The molecule has 0 atom stereocenters. The Bertz CT molecular complexity index is 558. The zero-order valence-electron chi connectivity index (χ0n) is 11.9. The van der Waals surface area contributed by atoms with Crippen LogP contribution in [0.4, 0.5) is 17.3 Å². The Kier molecular flexibility index (Phi) is 4.00. The zero-order valence-corrected chi connectivity index (χ0v) is 11.9. The molecule has 0 fully saturated rings. The van der Waals surface area contributed by atoms with E-state index in [0.717, 1.165) is 29.4 Å². The third kappa shape index (κ3) is 3.22. The van der Waals surface area contributed by atoms with Gasteiger partial charge in [0.2, 0.25) is 0 Å². The predicted molar refractivity (Wildman–Crippen MR) is 80.1 cm³/mol. The maximum Gasteiger partial charge on any atom is 0.138 e. The SMILES string of the molecule is CCNc1ncnc(Nc2cc(C)cc(C)c2)c1C. The van der Waals surface area contributed by atoms with Crippen molar-refractivity contribution < 1.29 is 0 Å². The summed E-state index contributed by atoms with van der Waals surface area (Å²) < 4.78 is 0. The molecule has 0 unspecified atom stereocenters. The number of rotatable bonds is 4. The Morgan fingerprint density at radius 1 is 0.947 bits per heavy atom. The molecule has 2 rings (SSSR count). The number of nitrogens with zero attached hydrogens (tertiary/aromatic N) is 2. The number of hydrogen-bond acceptors (Lipinski definition) is 4. The molecule has 0 radical (unpaired) electrons. The summed E-state index contributed by atoms with van der Waals surface area (Å²) in [5.41, 5.74) is 4.56. The second-order valence-corrected chi connectivity index (χ2v) is 4.73. The van der Waals surface area contributed by atoms with Crippen LogP contribution in [0.3, 0.4) is 0 Å². The molecule has 0 aliphatic heterocycles. The van der Waals surface area contributed by atoms with Crippen LogP contribution < -0.4 is 10.6 Å². The maximum absolute atomic E-state index is 4.31. The Morgan fingerprint density at radius 3 is 2.21 bits per heavy atom. The number of anilines is 3. The summed E-state index contributed by atoms with van der Waals surface area (Å²) in [5.74, 6) is 1.72.